The summed E-state index contributed by atoms with van der Waals surface area (Å²) in [4.78, 5) is 25.6. The summed E-state index contributed by atoms with van der Waals surface area (Å²) in [6.45, 7) is 2.04. The Bertz CT molecular complexity index is 1130. The van der Waals surface area contributed by atoms with Crippen molar-refractivity contribution in [2.75, 3.05) is 31.1 Å². The summed E-state index contributed by atoms with van der Waals surface area (Å²) in [5.74, 6) is 0.345. The number of thiophene rings is 1. The number of anilines is 1. The maximum Gasteiger partial charge on any atom is 0.251 e. The van der Waals surface area contributed by atoms with E-state index < -0.39 is 16.1 Å². The van der Waals surface area contributed by atoms with Crippen LogP contribution in [0.15, 0.2) is 68.9 Å². The van der Waals surface area contributed by atoms with Gasteiger partial charge in [0, 0.05) is 38.6 Å². The zero-order valence-corrected chi connectivity index (χ0v) is 19.6. The van der Waals surface area contributed by atoms with Crippen LogP contribution in [0.3, 0.4) is 0 Å². The number of sulfonamides is 1. The first-order chi connectivity index (χ1) is 14.9. The zero-order chi connectivity index (χ0) is 21.8. The largest absolute Gasteiger partial charge is 0.337 e. The Labute approximate surface area is 193 Å². The van der Waals surface area contributed by atoms with E-state index in [2.05, 4.69) is 30.6 Å². The van der Waals surface area contributed by atoms with Crippen molar-refractivity contribution in [2.24, 2.45) is 0 Å². The van der Waals surface area contributed by atoms with Crippen molar-refractivity contribution in [3.63, 3.8) is 0 Å². The SMILES string of the molecule is O=C(C(NS(=O)(=O)c1ccc(Br)s1)c1ccccc1)N1CCN(c2ncccn2)CC1. The molecule has 1 saturated heterocycles. The van der Waals surface area contributed by atoms with E-state index in [1.165, 1.54) is 6.07 Å². The molecule has 31 heavy (non-hydrogen) atoms. The molecule has 1 aliphatic rings. The number of aromatic nitrogens is 2. The van der Waals surface area contributed by atoms with E-state index in [4.69, 9.17) is 0 Å². The van der Waals surface area contributed by atoms with Gasteiger partial charge >= 0.3 is 0 Å². The minimum atomic E-state index is -3.86. The highest BCUT2D eigenvalue weighted by molar-refractivity contribution is 9.11. The van der Waals surface area contributed by atoms with Crippen LogP contribution >= 0.6 is 27.3 Å². The Balaban J connectivity index is 1.53. The molecule has 8 nitrogen and oxygen atoms in total. The van der Waals surface area contributed by atoms with E-state index in [-0.39, 0.29) is 10.1 Å². The molecule has 0 spiro atoms. The molecule has 3 aromatic rings. The highest BCUT2D eigenvalue weighted by Gasteiger charge is 2.33. The van der Waals surface area contributed by atoms with Gasteiger partial charge in [0.05, 0.1) is 3.79 Å². The predicted octanol–water partition coefficient (Wildman–Crippen LogP) is 2.67. The molecule has 3 heterocycles. The summed E-state index contributed by atoms with van der Waals surface area (Å²) in [7, 11) is -3.86. The first-order valence-electron chi connectivity index (χ1n) is 9.57. The molecule has 0 saturated carbocycles. The molecule has 162 valence electrons. The molecule has 0 radical (unpaired) electrons. The Hall–Kier alpha value is -2.34. The van der Waals surface area contributed by atoms with Gasteiger partial charge in [-0.1, -0.05) is 30.3 Å². The summed E-state index contributed by atoms with van der Waals surface area (Å²) in [5, 5.41) is 0. The fourth-order valence-corrected chi connectivity index (χ4v) is 6.53. The van der Waals surface area contributed by atoms with Gasteiger partial charge in [-0.3, -0.25) is 4.79 Å². The second-order valence-electron chi connectivity index (χ2n) is 6.88. The third-order valence-electron chi connectivity index (χ3n) is 4.89. The summed E-state index contributed by atoms with van der Waals surface area (Å²) in [6.07, 6.45) is 3.37. The second-order valence-corrected chi connectivity index (χ2v) is 11.3. The average Bonchev–Trinajstić information content (AvgIpc) is 3.26. The van der Waals surface area contributed by atoms with Crippen LogP contribution in [0.4, 0.5) is 5.95 Å². The Morgan fingerprint density at radius 2 is 1.68 bits per heavy atom. The van der Waals surface area contributed by atoms with Crippen LogP contribution in [0, 0.1) is 0 Å². The number of nitrogens with zero attached hydrogens (tertiary/aromatic N) is 4. The lowest BCUT2D eigenvalue weighted by Crippen LogP contribution is -2.52. The Morgan fingerprint density at radius 1 is 1.00 bits per heavy atom. The lowest BCUT2D eigenvalue weighted by atomic mass is 10.1. The van der Waals surface area contributed by atoms with Gasteiger partial charge in [-0.2, -0.15) is 4.72 Å². The lowest BCUT2D eigenvalue weighted by Gasteiger charge is -2.36. The minimum absolute atomic E-state index is 0.152. The van der Waals surface area contributed by atoms with Crippen molar-refractivity contribution in [1.29, 1.82) is 0 Å². The van der Waals surface area contributed by atoms with Gasteiger partial charge in [-0.05, 0) is 39.7 Å². The van der Waals surface area contributed by atoms with E-state index in [0.29, 0.717) is 41.5 Å². The minimum Gasteiger partial charge on any atom is -0.337 e. The molecule has 1 aliphatic heterocycles. The molecule has 2 aromatic heterocycles. The summed E-state index contributed by atoms with van der Waals surface area (Å²) in [5.41, 5.74) is 0.598. The van der Waals surface area contributed by atoms with Gasteiger partial charge in [-0.15, -0.1) is 11.3 Å². The number of hydrogen-bond donors (Lipinski definition) is 1. The number of nitrogens with one attached hydrogen (secondary N) is 1. The summed E-state index contributed by atoms with van der Waals surface area (Å²) < 4.78 is 29.3. The number of benzene rings is 1. The number of carbonyl (C=O) groups is 1. The molecule has 4 rings (SSSR count). The highest BCUT2D eigenvalue weighted by Crippen LogP contribution is 2.28. The van der Waals surface area contributed by atoms with Crippen LogP contribution < -0.4 is 9.62 Å². The molecule has 0 bridgehead atoms. The van der Waals surface area contributed by atoms with Crippen molar-refractivity contribution in [3.05, 3.63) is 70.3 Å². The van der Waals surface area contributed by atoms with E-state index >= 15 is 0 Å². The molecule has 1 fully saturated rings. The number of piperazine rings is 1. The topological polar surface area (TPSA) is 95.5 Å². The molecule has 1 aromatic carbocycles. The van der Waals surface area contributed by atoms with Gasteiger partial charge in [0.15, 0.2) is 0 Å². The quantitative estimate of drug-likeness (QED) is 0.535. The maximum atomic E-state index is 13.4. The maximum absolute atomic E-state index is 13.4. The van der Waals surface area contributed by atoms with Crippen LogP contribution in [0.25, 0.3) is 0 Å². The van der Waals surface area contributed by atoms with Gasteiger partial charge in [0.2, 0.25) is 11.9 Å². The van der Waals surface area contributed by atoms with Crippen LogP contribution in [0.1, 0.15) is 11.6 Å². The number of carbonyl (C=O) groups excluding carboxylic acids is 1. The molecule has 1 N–H and O–H groups in total. The molecule has 1 unspecified atom stereocenters. The predicted molar refractivity (Wildman–Crippen MR) is 122 cm³/mol. The van der Waals surface area contributed by atoms with Crippen LogP contribution in [0.5, 0.6) is 0 Å². The smallest absolute Gasteiger partial charge is 0.251 e. The van der Waals surface area contributed by atoms with Crippen LogP contribution in [0.2, 0.25) is 0 Å². The van der Waals surface area contributed by atoms with Crippen molar-refractivity contribution in [1.82, 2.24) is 19.6 Å². The third kappa shape index (κ3) is 5.12. The Morgan fingerprint density at radius 3 is 2.29 bits per heavy atom. The normalized spacial score (nSPS) is 15.6. The van der Waals surface area contributed by atoms with Gasteiger partial charge in [0.25, 0.3) is 10.0 Å². The second kappa shape index (κ2) is 9.43. The number of halogens is 1. The van der Waals surface area contributed by atoms with Gasteiger partial charge < -0.3 is 9.80 Å². The lowest BCUT2D eigenvalue weighted by molar-refractivity contribution is -0.133. The molecule has 0 aliphatic carbocycles. The molecule has 11 heteroatoms. The standard InChI is InChI=1S/C20H20BrN5O3S2/c21-16-7-8-17(30-16)31(28,29)24-18(15-5-2-1-3-6-15)19(27)25-11-13-26(14-12-25)20-22-9-4-10-23-20/h1-10,18,24H,11-14H2. The van der Waals surface area contributed by atoms with E-state index in [1.807, 2.05) is 11.0 Å². The van der Waals surface area contributed by atoms with Crippen molar-refractivity contribution < 1.29 is 13.2 Å². The fourth-order valence-electron chi connectivity index (χ4n) is 3.33. The van der Waals surface area contributed by atoms with E-state index in [9.17, 15) is 13.2 Å². The van der Waals surface area contributed by atoms with Gasteiger partial charge in [0.1, 0.15) is 10.3 Å². The molecule has 1 atom stereocenters. The van der Waals surface area contributed by atoms with E-state index in [0.717, 1.165) is 11.3 Å². The first-order valence-corrected chi connectivity index (χ1v) is 12.7. The number of rotatable bonds is 6. The number of amides is 1. The first kappa shape index (κ1) is 21.9. The Kier molecular flexibility index (Phi) is 6.65. The summed E-state index contributed by atoms with van der Waals surface area (Å²) in [6, 6.07) is 12.8. The van der Waals surface area contributed by atoms with Crippen molar-refractivity contribution in [3.8, 4) is 0 Å². The average molecular weight is 522 g/mol. The van der Waals surface area contributed by atoms with E-state index in [1.54, 1.807) is 53.7 Å². The summed E-state index contributed by atoms with van der Waals surface area (Å²) >= 11 is 4.39. The molecule has 1 amide bonds. The van der Waals surface area contributed by atoms with Crippen LogP contribution in [-0.4, -0.2) is 55.4 Å². The molecular weight excluding hydrogens is 502 g/mol. The van der Waals surface area contributed by atoms with Gasteiger partial charge in [-0.25, -0.2) is 18.4 Å². The van der Waals surface area contributed by atoms with Crippen LogP contribution in [-0.2, 0) is 14.8 Å². The van der Waals surface area contributed by atoms with Crippen molar-refractivity contribution >= 4 is 49.1 Å². The van der Waals surface area contributed by atoms with Crippen molar-refractivity contribution in [2.45, 2.75) is 10.3 Å². The molecular formula is C20H20BrN5O3S2. The highest BCUT2D eigenvalue weighted by atomic mass is 79.9. The monoisotopic (exact) mass is 521 g/mol. The fraction of sp³-hybridized carbons (Fsp3) is 0.250. The number of hydrogen-bond acceptors (Lipinski definition) is 7. The zero-order valence-electron chi connectivity index (χ0n) is 16.4. The third-order valence-corrected chi connectivity index (χ3v) is 8.43.